The number of allylic oxidation sites excluding steroid dienone is 5. The van der Waals surface area contributed by atoms with Crippen molar-refractivity contribution >= 4 is 51.0 Å². The van der Waals surface area contributed by atoms with Gasteiger partial charge in [-0.05, 0) is 72.0 Å². The van der Waals surface area contributed by atoms with Gasteiger partial charge in [0.1, 0.15) is 10.6 Å². The standard InChI is InChI=1S/C21H18O5S.Na/c1-13-11-15(22)7-9-17(13)21(18-10-8-16(23)12-14(18)2)19-5-3-4-6-20(19)27(24,25)26;/h3-12,22H,1-2H3,(H,24,25,26);. The summed E-state index contributed by atoms with van der Waals surface area (Å²) in [5.74, 6) is -0.0635. The molecule has 2 N–H and O–H groups in total. The second kappa shape index (κ2) is 8.59. The summed E-state index contributed by atoms with van der Waals surface area (Å²) in [5.41, 5.74) is 3.62. The minimum absolute atomic E-state index is 0. The van der Waals surface area contributed by atoms with E-state index in [1.54, 1.807) is 44.2 Å². The molecular weight excluding hydrogens is 387 g/mol. The van der Waals surface area contributed by atoms with Crippen molar-refractivity contribution in [3.63, 3.8) is 0 Å². The molecule has 1 aliphatic rings. The summed E-state index contributed by atoms with van der Waals surface area (Å²) < 4.78 is 33.6. The summed E-state index contributed by atoms with van der Waals surface area (Å²) in [5, 5.41) is 9.75. The van der Waals surface area contributed by atoms with Crippen molar-refractivity contribution in [2.24, 2.45) is 0 Å². The molecule has 0 bridgehead atoms. The van der Waals surface area contributed by atoms with Gasteiger partial charge in [0.05, 0.1) is 0 Å². The molecule has 0 spiro atoms. The van der Waals surface area contributed by atoms with Crippen molar-refractivity contribution in [3.05, 3.63) is 88.5 Å². The molecule has 5 nitrogen and oxygen atoms in total. The molecule has 0 heterocycles. The predicted octanol–water partition coefficient (Wildman–Crippen LogP) is 3.45. The molecule has 0 saturated carbocycles. The number of benzene rings is 2. The van der Waals surface area contributed by atoms with Gasteiger partial charge < -0.3 is 5.11 Å². The van der Waals surface area contributed by atoms with Crippen LogP contribution in [-0.4, -0.2) is 53.4 Å². The zero-order valence-electron chi connectivity index (χ0n) is 15.8. The number of carbonyl (C=O) groups is 1. The first-order valence-corrected chi connectivity index (χ1v) is 9.64. The Bertz CT molecular complexity index is 1140. The van der Waals surface area contributed by atoms with Crippen molar-refractivity contribution in [2.75, 3.05) is 0 Å². The second-order valence-electron chi connectivity index (χ2n) is 6.32. The summed E-state index contributed by atoms with van der Waals surface area (Å²) >= 11 is 0. The van der Waals surface area contributed by atoms with Crippen molar-refractivity contribution in [1.29, 1.82) is 0 Å². The SMILES string of the molecule is CC1=CC(=O)C=CC1=C(c1ccc(O)cc1C)c1ccccc1S(=O)(=O)O.[Na]. The van der Waals surface area contributed by atoms with Crippen LogP contribution in [0.15, 0.2) is 76.7 Å². The van der Waals surface area contributed by atoms with E-state index in [0.717, 1.165) is 5.56 Å². The summed E-state index contributed by atoms with van der Waals surface area (Å²) in [6, 6.07) is 10.9. The first-order chi connectivity index (χ1) is 12.7. The van der Waals surface area contributed by atoms with Crippen molar-refractivity contribution < 1.29 is 22.9 Å². The number of hydrogen-bond donors (Lipinski definition) is 2. The number of aromatic hydroxyl groups is 1. The van der Waals surface area contributed by atoms with Gasteiger partial charge in [-0.15, -0.1) is 0 Å². The maximum atomic E-state index is 12.0. The summed E-state index contributed by atoms with van der Waals surface area (Å²) in [6.07, 6.45) is 4.52. The van der Waals surface area contributed by atoms with E-state index in [-0.39, 0.29) is 46.0 Å². The van der Waals surface area contributed by atoms with Crippen molar-refractivity contribution in [1.82, 2.24) is 0 Å². The van der Waals surface area contributed by atoms with Crippen molar-refractivity contribution in [2.45, 2.75) is 18.7 Å². The summed E-state index contributed by atoms with van der Waals surface area (Å²) in [7, 11) is -4.47. The van der Waals surface area contributed by atoms with Gasteiger partial charge in [-0.25, -0.2) is 0 Å². The van der Waals surface area contributed by atoms with Gasteiger partial charge in [0.25, 0.3) is 10.1 Å². The van der Waals surface area contributed by atoms with Gasteiger partial charge in [0.15, 0.2) is 5.78 Å². The van der Waals surface area contributed by atoms with Crippen LogP contribution in [0.2, 0.25) is 0 Å². The fourth-order valence-corrected chi connectivity index (χ4v) is 3.88. The monoisotopic (exact) mass is 405 g/mol. The number of ketones is 1. The number of phenols is 1. The van der Waals surface area contributed by atoms with Crippen LogP contribution in [0.5, 0.6) is 5.75 Å². The Hall–Kier alpha value is -1.96. The quantitative estimate of drug-likeness (QED) is 0.603. The molecule has 2 aromatic rings. The van der Waals surface area contributed by atoms with E-state index >= 15 is 0 Å². The van der Waals surface area contributed by atoms with Crippen LogP contribution in [0.3, 0.4) is 0 Å². The fourth-order valence-electron chi connectivity index (χ4n) is 3.18. The van der Waals surface area contributed by atoms with E-state index in [2.05, 4.69) is 0 Å². The normalized spacial score (nSPS) is 15.7. The molecule has 0 aliphatic heterocycles. The molecule has 139 valence electrons. The molecule has 28 heavy (non-hydrogen) atoms. The zero-order chi connectivity index (χ0) is 19.8. The van der Waals surface area contributed by atoms with Crippen LogP contribution >= 0.6 is 0 Å². The Morgan fingerprint density at radius 1 is 0.964 bits per heavy atom. The molecule has 1 aliphatic carbocycles. The van der Waals surface area contributed by atoms with Gasteiger partial charge in [0.2, 0.25) is 0 Å². The molecule has 1 radical (unpaired) electrons. The Kier molecular flexibility index (Phi) is 6.85. The van der Waals surface area contributed by atoms with E-state index in [1.165, 1.54) is 30.4 Å². The molecule has 0 unspecified atom stereocenters. The van der Waals surface area contributed by atoms with Crippen LogP contribution in [-0.2, 0) is 14.9 Å². The van der Waals surface area contributed by atoms with Crippen LogP contribution in [0.4, 0.5) is 0 Å². The molecule has 0 saturated heterocycles. The predicted molar refractivity (Wildman–Crippen MR) is 109 cm³/mol. The molecule has 0 amide bonds. The number of rotatable bonds is 3. The fraction of sp³-hybridized carbons (Fsp3) is 0.0952. The molecule has 7 heteroatoms. The summed E-state index contributed by atoms with van der Waals surface area (Å²) in [4.78, 5) is 11.5. The first-order valence-electron chi connectivity index (χ1n) is 8.20. The smallest absolute Gasteiger partial charge is 0.295 e. The van der Waals surface area contributed by atoms with Crippen LogP contribution in [0.25, 0.3) is 5.57 Å². The van der Waals surface area contributed by atoms with E-state index in [4.69, 9.17) is 0 Å². The van der Waals surface area contributed by atoms with Gasteiger partial charge in [0, 0.05) is 35.1 Å². The molecular formula is C21H18NaO5S. The van der Waals surface area contributed by atoms with Gasteiger partial charge in [-0.3, -0.25) is 9.35 Å². The van der Waals surface area contributed by atoms with Crippen molar-refractivity contribution in [3.8, 4) is 5.75 Å². The number of carbonyl (C=O) groups excluding carboxylic acids is 1. The van der Waals surface area contributed by atoms with E-state index in [9.17, 15) is 22.9 Å². The Labute approximate surface area is 186 Å². The Balaban J connectivity index is 0.00000280. The van der Waals surface area contributed by atoms with E-state index in [0.29, 0.717) is 27.8 Å². The minimum atomic E-state index is -4.47. The van der Waals surface area contributed by atoms with Crippen LogP contribution in [0.1, 0.15) is 23.6 Å². The zero-order valence-corrected chi connectivity index (χ0v) is 18.6. The van der Waals surface area contributed by atoms with Gasteiger partial charge in [-0.1, -0.05) is 30.3 Å². The third-order valence-corrected chi connectivity index (χ3v) is 5.29. The van der Waals surface area contributed by atoms with Gasteiger partial charge >= 0.3 is 0 Å². The van der Waals surface area contributed by atoms with Crippen LogP contribution < -0.4 is 0 Å². The number of hydrogen-bond acceptors (Lipinski definition) is 4. The van der Waals surface area contributed by atoms with Gasteiger partial charge in [-0.2, -0.15) is 8.42 Å². The van der Waals surface area contributed by atoms with Crippen LogP contribution in [0, 0.1) is 6.92 Å². The number of aryl methyl sites for hydroxylation is 1. The maximum absolute atomic E-state index is 12.0. The average molecular weight is 405 g/mol. The average Bonchev–Trinajstić information content (AvgIpc) is 2.58. The summed E-state index contributed by atoms with van der Waals surface area (Å²) in [6.45, 7) is 3.56. The first kappa shape index (κ1) is 22.3. The molecule has 0 atom stereocenters. The van der Waals surface area contributed by atoms with E-state index < -0.39 is 10.1 Å². The second-order valence-corrected chi connectivity index (χ2v) is 7.71. The van der Waals surface area contributed by atoms with E-state index in [1.807, 2.05) is 0 Å². The molecule has 0 aromatic heterocycles. The maximum Gasteiger partial charge on any atom is 0.295 e. The Morgan fingerprint density at radius 3 is 2.25 bits per heavy atom. The molecule has 3 rings (SSSR count). The third kappa shape index (κ3) is 4.54. The molecule has 0 fully saturated rings. The number of phenolic OH excluding ortho intramolecular Hbond substituents is 1. The molecule has 2 aromatic carbocycles. The Morgan fingerprint density at radius 2 is 1.64 bits per heavy atom. The third-order valence-electron chi connectivity index (χ3n) is 4.38. The largest absolute Gasteiger partial charge is 0.508 e. The topological polar surface area (TPSA) is 91.7 Å². The minimum Gasteiger partial charge on any atom is -0.508 e.